The maximum Gasteiger partial charge on any atom is 0.193 e. The molecule has 0 aliphatic heterocycles. The van der Waals surface area contributed by atoms with Gasteiger partial charge in [0.2, 0.25) is 0 Å². The Kier molecular flexibility index (Phi) is 4.68. The number of ketones is 1. The van der Waals surface area contributed by atoms with Crippen molar-refractivity contribution in [3.63, 3.8) is 0 Å². The molecule has 0 atom stereocenters. The van der Waals surface area contributed by atoms with Crippen molar-refractivity contribution >= 4 is 19.1 Å². The van der Waals surface area contributed by atoms with Gasteiger partial charge in [-0.3, -0.25) is 4.79 Å². The van der Waals surface area contributed by atoms with Crippen LogP contribution in [0.1, 0.15) is 28.4 Å². The maximum atomic E-state index is 12.6. The smallest absolute Gasteiger partial charge is 0.193 e. The Labute approximate surface area is 126 Å². The van der Waals surface area contributed by atoms with Crippen LogP contribution in [-0.2, 0) is 0 Å². The molecule has 0 saturated heterocycles. The first kappa shape index (κ1) is 15.2. The largest absolute Gasteiger partial charge is 0.496 e. The second-order valence-electron chi connectivity index (χ2n) is 4.74. The maximum absolute atomic E-state index is 12.6. The minimum Gasteiger partial charge on any atom is -0.496 e. The van der Waals surface area contributed by atoms with Crippen molar-refractivity contribution in [2.75, 3.05) is 13.7 Å². The summed E-state index contributed by atoms with van der Waals surface area (Å²) in [5.41, 5.74) is 2.54. The third-order valence-corrected chi connectivity index (χ3v) is 3.16. The van der Waals surface area contributed by atoms with Gasteiger partial charge in [0.05, 0.1) is 13.7 Å². The van der Waals surface area contributed by atoms with Crippen molar-refractivity contribution in [3.8, 4) is 11.5 Å². The third-order valence-electron chi connectivity index (χ3n) is 3.16. The van der Waals surface area contributed by atoms with E-state index in [0.717, 1.165) is 11.3 Å². The average molecular weight is 280 g/mol. The van der Waals surface area contributed by atoms with Gasteiger partial charge in [0.15, 0.2) is 5.78 Å². The van der Waals surface area contributed by atoms with Gasteiger partial charge in [0.25, 0.3) is 0 Å². The molecule has 0 aliphatic carbocycles. The molecular formula is C17H17BO3. The molecule has 0 amide bonds. The van der Waals surface area contributed by atoms with Crippen LogP contribution in [0.15, 0.2) is 36.4 Å². The van der Waals surface area contributed by atoms with E-state index in [1.54, 1.807) is 37.4 Å². The van der Waals surface area contributed by atoms with Gasteiger partial charge < -0.3 is 9.47 Å². The first-order valence-electron chi connectivity index (χ1n) is 6.78. The standard InChI is InChI=1S/C17H17BO3/c1-4-21-15-9-13(8-14(18)10-15)17(19)12-5-6-16(20-3)11(2)7-12/h5-10H,4H2,1-3H3. The van der Waals surface area contributed by atoms with E-state index in [1.807, 2.05) is 19.9 Å². The van der Waals surface area contributed by atoms with Crippen LogP contribution in [0.4, 0.5) is 0 Å². The zero-order chi connectivity index (χ0) is 15.4. The molecule has 0 spiro atoms. The molecule has 3 nitrogen and oxygen atoms in total. The van der Waals surface area contributed by atoms with Crippen molar-refractivity contribution < 1.29 is 14.3 Å². The average Bonchev–Trinajstić information content (AvgIpc) is 2.46. The Hall–Kier alpha value is -2.23. The van der Waals surface area contributed by atoms with Crippen molar-refractivity contribution in [2.24, 2.45) is 0 Å². The van der Waals surface area contributed by atoms with Crippen molar-refractivity contribution in [3.05, 3.63) is 53.1 Å². The molecule has 0 heterocycles. The van der Waals surface area contributed by atoms with Gasteiger partial charge in [-0.1, -0.05) is 11.5 Å². The molecule has 4 heteroatoms. The van der Waals surface area contributed by atoms with E-state index < -0.39 is 0 Å². The highest BCUT2D eigenvalue weighted by atomic mass is 16.5. The van der Waals surface area contributed by atoms with E-state index in [1.165, 1.54) is 0 Å². The number of hydrogen-bond acceptors (Lipinski definition) is 3. The van der Waals surface area contributed by atoms with Crippen LogP contribution in [0.3, 0.4) is 0 Å². The van der Waals surface area contributed by atoms with Crippen LogP contribution >= 0.6 is 0 Å². The van der Waals surface area contributed by atoms with Crippen LogP contribution in [0.25, 0.3) is 0 Å². The number of methoxy groups -OCH3 is 1. The lowest BCUT2D eigenvalue weighted by atomic mass is 9.91. The highest BCUT2D eigenvalue weighted by Crippen LogP contribution is 2.21. The number of carbonyl (C=O) groups is 1. The lowest BCUT2D eigenvalue weighted by molar-refractivity contribution is 0.103. The summed E-state index contributed by atoms with van der Waals surface area (Å²) in [7, 11) is 7.44. The van der Waals surface area contributed by atoms with E-state index in [4.69, 9.17) is 17.3 Å². The van der Waals surface area contributed by atoms with Gasteiger partial charge in [-0.05, 0) is 49.7 Å². The van der Waals surface area contributed by atoms with Gasteiger partial charge in [0, 0.05) is 11.1 Å². The minimum atomic E-state index is -0.0889. The summed E-state index contributed by atoms with van der Waals surface area (Å²) in [5.74, 6) is 1.27. The first-order valence-corrected chi connectivity index (χ1v) is 6.78. The van der Waals surface area contributed by atoms with Crippen molar-refractivity contribution in [1.82, 2.24) is 0 Å². The summed E-state index contributed by atoms with van der Waals surface area (Å²) in [6, 6.07) is 10.4. The number of benzene rings is 2. The SMILES string of the molecule is [B]c1cc(OCC)cc(C(=O)c2ccc(OC)c(C)c2)c1. The third kappa shape index (κ3) is 3.46. The van der Waals surface area contributed by atoms with Gasteiger partial charge in [0.1, 0.15) is 19.3 Å². The number of aryl methyl sites for hydroxylation is 1. The Morgan fingerprint density at radius 3 is 2.52 bits per heavy atom. The predicted octanol–water partition coefficient (Wildman–Crippen LogP) is 2.43. The normalized spacial score (nSPS) is 10.2. The zero-order valence-electron chi connectivity index (χ0n) is 12.5. The fourth-order valence-electron chi connectivity index (χ4n) is 2.19. The van der Waals surface area contributed by atoms with E-state index in [0.29, 0.717) is 28.9 Å². The fourth-order valence-corrected chi connectivity index (χ4v) is 2.19. The highest BCUT2D eigenvalue weighted by molar-refractivity contribution is 6.33. The molecule has 106 valence electrons. The van der Waals surface area contributed by atoms with Crippen LogP contribution in [0, 0.1) is 6.92 Å². The predicted molar refractivity (Wildman–Crippen MR) is 84.2 cm³/mol. The Bertz CT molecular complexity index is 665. The van der Waals surface area contributed by atoms with Gasteiger partial charge in [-0.25, -0.2) is 0 Å². The fraction of sp³-hybridized carbons (Fsp3) is 0.235. The lowest BCUT2D eigenvalue weighted by Crippen LogP contribution is -2.10. The molecule has 0 saturated carbocycles. The van der Waals surface area contributed by atoms with Crippen LogP contribution in [0.5, 0.6) is 11.5 Å². The molecule has 2 aromatic carbocycles. The Morgan fingerprint density at radius 1 is 1.14 bits per heavy atom. The zero-order valence-corrected chi connectivity index (χ0v) is 12.5. The number of hydrogen-bond donors (Lipinski definition) is 0. The quantitative estimate of drug-likeness (QED) is 0.623. The summed E-state index contributed by atoms with van der Waals surface area (Å²) < 4.78 is 10.6. The molecule has 0 unspecified atom stereocenters. The minimum absolute atomic E-state index is 0.0889. The van der Waals surface area contributed by atoms with Gasteiger partial charge in [-0.2, -0.15) is 0 Å². The topological polar surface area (TPSA) is 35.5 Å². The molecule has 0 aromatic heterocycles. The number of rotatable bonds is 5. The molecule has 0 N–H and O–H groups in total. The second kappa shape index (κ2) is 6.48. The van der Waals surface area contributed by atoms with E-state index in [-0.39, 0.29) is 5.78 Å². The van der Waals surface area contributed by atoms with E-state index in [9.17, 15) is 4.79 Å². The number of carbonyl (C=O) groups excluding carboxylic acids is 1. The van der Waals surface area contributed by atoms with Gasteiger partial charge in [-0.15, -0.1) is 0 Å². The van der Waals surface area contributed by atoms with Crippen LogP contribution < -0.4 is 14.9 Å². The first-order chi connectivity index (χ1) is 10.0. The molecule has 2 rings (SSSR count). The number of ether oxygens (including phenoxy) is 2. The van der Waals surface area contributed by atoms with Crippen LogP contribution in [0.2, 0.25) is 0 Å². The summed E-state index contributed by atoms with van der Waals surface area (Å²) in [5, 5.41) is 0. The van der Waals surface area contributed by atoms with Crippen molar-refractivity contribution in [1.29, 1.82) is 0 Å². The highest BCUT2D eigenvalue weighted by Gasteiger charge is 2.12. The van der Waals surface area contributed by atoms with Crippen LogP contribution in [-0.4, -0.2) is 27.3 Å². The summed E-state index contributed by atoms with van der Waals surface area (Å²) in [4.78, 5) is 12.6. The molecule has 0 fully saturated rings. The molecule has 0 bridgehead atoms. The van der Waals surface area contributed by atoms with Gasteiger partial charge >= 0.3 is 0 Å². The van der Waals surface area contributed by atoms with Crippen molar-refractivity contribution in [2.45, 2.75) is 13.8 Å². The Balaban J connectivity index is 2.37. The Morgan fingerprint density at radius 2 is 1.90 bits per heavy atom. The lowest BCUT2D eigenvalue weighted by Gasteiger charge is -2.10. The monoisotopic (exact) mass is 280 g/mol. The van der Waals surface area contributed by atoms with E-state index in [2.05, 4.69) is 0 Å². The summed E-state index contributed by atoms with van der Waals surface area (Å²) in [6.07, 6.45) is 0. The second-order valence-corrected chi connectivity index (χ2v) is 4.74. The molecule has 2 radical (unpaired) electrons. The molecule has 21 heavy (non-hydrogen) atoms. The molecule has 2 aromatic rings. The summed E-state index contributed by atoms with van der Waals surface area (Å²) >= 11 is 0. The summed E-state index contributed by atoms with van der Waals surface area (Å²) in [6.45, 7) is 4.32. The molecule has 0 aliphatic rings. The molecular weight excluding hydrogens is 263 g/mol. The van der Waals surface area contributed by atoms with E-state index >= 15 is 0 Å².